The van der Waals surface area contributed by atoms with Crippen LogP contribution in [0.3, 0.4) is 0 Å². The molecule has 6 nitrogen and oxygen atoms in total. The molecule has 0 aliphatic heterocycles. The van der Waals surface area contributed by atoms with Gasteiger partial charge in [0.15, 0.2) is 0 Å². The number of carbonyl (C=O) groups excluding carboxylic acids is 1. The first-order valence-corrected chi connectivity index (χ1v) is 7.95. The lowest BCUT2D eigenvalue weighted by Gasteiger charge is -2.24. The summed E-state index contributed by atoms with van der Waals surface area (Å²) in [6.07, 6.45) is -0.586. The lowest BCUT2D eigenvalue weighted by molar-refractivity contribution is -0.123. The van der Waals surface area contributed by atoms with Gasteiger partial charge in [0.1, 0.15) is 24.0 Å². The highest BCUT2D eigenvalue weighted by Gasteiger charge is 2.23. The molecular formula is C18H19FN4O2. The van der Waals surface area contributed by atoms with Gasteiger partial charge < -0.3 is 10.1 Å². The molecule has 1 aromatic heterocycles. The average molecular weight is 342 g/mol. The minimum absolute atomic E-state index is 0.0263. The van der Waals surface area contributed by atoms with Crippen molar-refractivity contribution in [3.63, 3.8) is 0 Å². The molecule has 0 spiro atoms. The van der Waals surface area contributed by atoms with Gasteiger partial charge in [-0.1, -0.05) is 35.5 Å². The Hall–Kier alpha value is -2.80. The lowest BCUT2D eigenvalue weighted by atomic mass is 10.0. The molecule has 3 rings (SSSR count). The Labute approximate surface area is 144 Å². The van der Waals surface area contributed by atoms with Crippen LogP contribution in [0, 0.1) is 5.82 Å². The standard InChI is InChI=1S/C18H19FN4O2/c1-12(18(25-2)13-7-3-4-8-14(13)19)20-17(24)11-23-16-10-6-5-9-15(16)21-22-23/h3-10,12,18H,11H2,1-2H3,(H,20,24). The van der Waals surface area contributed by atoms with E-state index in [1.54, 1.807) is 25.1 Å². The lowest BCUT2D eigenvalue weighted by Crippen LogP contribution is -2.40. The molecule has 0 fully saturated rings. The number of benzene rings is 2. The molecule has 1 heterocycles. The summed E-state index contributed by atoms with van der Waals surface area (Å²) >= 11 is 0. The number of amides is 1. The van der Waals surface area contributed by atoms with E-state index in [4.69, 9.17) is 4.74 Å². The summed E-state index contributed by atoms with van der Waals surface area (Å²) in [4.78, 5) is 12.4. The molecule has 0 aliphatic rings. The van der Waals surface area contributed by atoms with E-state index in [-0.39, 0.29) is 18.3 Å². The Morgan fingerprint density at radius 3 is 2.72 bits per heavy atom. The van der Waals surface area contributed by atoms with E-state index < -0.39 is 12.1 Å². The molecule has 130 valence electrons. The van der Waals surface area contributed by atoms with Crippen molar-refractivity contribution in [1.29, 1.82) is 0 Å². The van der Waals surface area contributed by atoms with E-state index in [2.05, 4.69) is 15.6 Å². The number of methoxy groups -OCH3 is 1. The maximum absolute atomic E-state index is 14.0. The summed E-state index contributed by atoms with van der Waals surface area (Å²) < 4.78 is 20.9. The molecule has 0 saturated carbocycles. The van der Waals surface area contributed by atoms with Crippen LogP contribution < -0.4 is 5.32 Å². The number of rotatable bonds is 6. The highest BCUT2D eigenvalue weighted by atomic mass is 19.1. The molecule has 2 atom stereocenters. The number of carbonyl (C=O) groups is 1. The molecular weight excluding hydrogens is 323 g/mol. The van der Waals surface area contributed by atoms with Crippen molar-refractivity contribution in [3.8, 4) is 0 Å². The average Bonchev–Trinajstić information content (AvgIpc) is 3.00. The molecule has 1 N–H and O–H groups in total. The van der Waals surface area contributed by atoms with E-state index in [0.717, 1.165) is 11.0 Å². The van der Waals surface area contributed by atoms with Crippen LogP contribution in [0.5, 0.6) is 0 Å². The fourth-order valence-electron chi connectivity index (χ4n) is 2.85. The number of nitrogens with one attached hydrogen (secondary N) is 1. The predicted molar refractivity (Wildman–Crippen MR) is 91.3 cm³/mol. The third kappa shape index (κ3) is 3.66. The summed E-state index contributed by atoms with van der Waals surface area (Å²) in [6, 6.07) is 13.4. The number of hydrogen-bond donors (Lipinski definition) is 1. The normalized spacial score (nSPS) is 13.6. The first-order valence-electron chi connectivity index (χ1n) is 7.95. The molecule has 0 radical (unpaired) electrons. The SMILES string of the molecule is COC(c1ccccc1F)C(C)NC(=O)Cn1nnc2ccccc21. The van der Waals surface area contributed by atoms with E-state index in [1.165, 1.54) is 17.9 Å². The summed E-state index contributed by atoms with van der Waals surface area (Å²) in [5.41, 5.74) is 1.91. The first-order chi connectivity index (χ1) is 12.1. The smallest absolute Gasteiger partial charge is 0.242 e. The predicted octanol–water partition coefficient (Wildman–Crippen LogP) is 2.46. The van der Waals surface area contributed by atoms with Gasteiger partial charge in [0.2, 0.25) is 5.91 Å². The van der Waals surface area contributed by atoms with Crippen molar-refractivity contribution < 1.29 is 13.9 Å². The molecule has 0 bridgehead atoms. The van der Waals surface area contributed by atoms with Crippen molar-refractivity contribution in [2.75, 3.05) is 7.11 Å². The number of ether oxygens (including phenoxy) is 1. The van der Waals surface area contributed by atoms with Crippen molar-refractivity contribution in [3.05, 3.63) is 59.9 Å². The molecule has 1 amide bonds. The minimum Gasteiger partial charge on any atom is -0.375 e. The molecule has 3 aromatic rings. The summed E-state index contributed by atoms with van der Waals surface area (Å²) in [5, 5.41) is 10.9. The fraction of sp³-hybridized carbons (Fsp3) is 0.278. The molecule has 0 aliphatic carbocycles. The largest absolute Gasteiger partial charge is 0.375 e. The molecule has 2 unspecified atom stereocenters. The van der Waals surface area contributed by atoms with Crippen molar-refractivity contribution in [1.82, 2.24) is 20.3 Å². The summed E-state index contributed by atoms with van der Waals surface area (Å²) in [5.74, 6) is -0.612. The van der Waals surface area contributed by atoms with Gasteiger partial charge in [0.05, 0.1) is 11.6 Å². The monoisotopic (exact) mass is 342 g/mol. The topological polar surface area (TPSA) is 69.0 Å². The van der Waals surface area contributed by atoms with Crippen LogP contribution in [0.1, 0.15) is 18.6 Å². The van der Waals surface area contributed by atoms with Gasteiger partial charge in [0, 0.05) is 12.7 Å². The second-order valence-corrected chi connectivity index (χ2v) is 5.77. The highest BCUT2D eigenvalue weighted by molar-refractivity contribution is 5.79. The van der Waals surface area contributed by atoms with Crippen LogP contribution in [0.25, 0.3) is 11.0 Å². The van der Waals surface area contributed by atoms with Crippen molar-refractivity contribution in [2.24, 2.45) is 0 Å². The number of para-hydroxylation sites is 1. The van der Waals surface area contributed by atoms with Crippen LogP contribution in [0.15, 0.2) is 48.5 Å². The van der Waals surface area contributed by atoms with Crippen molar-refractivity contribution in [2.45, 2.75) is 25.6 Å². The highest BCUT2D eigenvalue weighted by Crippen LogP contribution is 2.23. The van der Waals surface area contributed by atoms with Gasteiger partial charge in [-0.15, -0.1) is 5.10 Å². The number of fused-ring (bicyclic) bond motifs is 1. The molecule has 7 heteroatoms. The maximum Gasteiger partial charge on any atom is 0.242 e. The summed E-state index contributed by atoms with van der Waals surface area (Å²) in [6.45, 7) is 1.80. The molecule has 0 saturated heterocycles. The van der Waals surface area contributed by atoms with Gasteiger partial charge in [-0.3, -0.25) is 4.79 Å². The minimum atomic E-state index is -0.586. The number of aromatic nitrogens is 3. The van der Waals surface area contributed by atoms with E-state index in [1.807, 2.05) is 24.3 Å². The van der Waals surface area contributed by atoms with E-state index in [9.17, 15) is 9.18 Å². The van der Waals surface area contributed by atoms with Crippen LogP contribution in [-0.4, -0.2) is 34.1 Å². The Balaban J connectivity index is 1.70. The van der Waals surface area contributed by atoms with E-state index in [0.29, 0.717) is 5.56 Å². The van der Waals surface area contributed by atoms with Crippen LogP contribution in [-0.2, 0) is 16.1 Å². The Morgan fingerprint density at radius 1 is 1.24 bits per heavy atom. The van der Waals surface area contributed by atoms with Crippen LogP contribution in [0.2, 0.25) is 0 Å². The second kappa shape index (κ2) is 7.40. The Morgan fingerprint density at radius 2 is 1.96 bits per heavy atom. The maximum atomic E-state index is 14.0. The van der Waals surface area contributed by atoms with E-state index >= 15 is 0 Å². The quantitative estimate of drug-likeness (QED) is 0.747. The number of hydrogen-bond acceptors (Lipinski definition) is 4. The number of nitrogens with zero attached hydrogens (tertiary/aromatic N) is 3. The zero-order valence-electron chi connectivity index (χ0n) is 14.0. The van der Waals surface area contributed by atoms with Gasteiger partial charge in [-0.25, -0.2) is 9.07 Å². The molecule has 25 heavy (non-hydrogen) atoms. The molecule has 2 aromatic carbocycles. The number of halogens is 1. The Bertz CT molecular complexity index is 880. The zero-order valence-corrected chi connectivity index (χ0v) is 14.0. The van der Waals surface area contributed by atoms with Gasteiger partial charge in [-0.05, 0) is 25.1 Å². The van der Waals surface area contributed by atoms with Gasteiger partial charge >= 0.3 is 0 Å². The van der Waals surface area contributed by atoms with Gasteiger partial charge in [-0.2, -0.15) is 0 Å². The second-order valence-electron chi connectivity index (χ2n) is 5.77. The van der Waals surface area contributed by atoms with Crippen LogP contribution >= 0.6 is 0 Å². The summed E-state index contributed by atoms with van der Waals surface area (Å²) in [7, 11) is 1.49. The zero-order chi connectivity index (χ0) is 17.8. The third-order valence-electron chi connectivity index (χ3n) is 4.02. The first kappa shape index (κ1) is 17.0. The van der Waals surface area contributed by atoms with Gasteiger partial charge in [0.25, 0.3) is 0 Å². The van der Waals surface area contributed by atoms with Crippen LogP contribution in [0.4, 0.5) is 4.39 Å². The third-order valence-corrected chi connectivity index (χ3v) is 4.02. The Kier molecular flexibility index (Phi) is 5.04. The fourth-order valence-corrected chi connectivity index (χ4v) is 2.85. The van der Waals surface area contributed by atoms with Crippen molar-refractivity contribution >= 4 is 16.9 Å².